The summed E-state index contributed by atoms with van der Waals surface area (Å²) in [5.74, 6) is 0.852. The average Bonchev–Trinajstić information content (AvgIpc) is 2.18. The van der Waals surface area contributed by atoms with Crippen LogP contribution in [-0.2, 0) is 11.2 Å². The maximum Gasteiger partial charge on any atom is 0.213 e. The highest BCUT2D eigenvalue weighted by Crippen LogP contribution is 2.09. The molecule has 3 nitrogen and oxygen atoms in total. The zero-order valence-electron chi connectivity index (χ0n) is 9.49. The summed E-state index contributed by atoms with van der Waals surface area (Å²) in [4.78, 5) is 15.7. The molecule has 0 N–H and O–H groups in total. The van der Waals surface area contributed by atoms with E-state index in [4.69, 9.17) is 4.74 Å². The second kappa shape index (κ2) is 5.49. The van der Waals surface area contributed by atoms with Gasteiger partial charge in [-0.05, 0) is 13.0 Å². The zero-order valence-corrected chi connectivity index (χ0v) is 9.49. The van der Waals surface area contributed by atoms with Crippen LogP contribution in [0.1, 0.15) is 26.5 Å². The molecular weight excluding hydrogens is 190 g/mol. The minimum absolute atomic E-state index is 0.0579. The molecule has 0 amide bonds. The molecule has 0 atom stereocenters. The SMILES string of the molecule is CCOc1cccc(CC(=O)C(C)C)n1. The first kappa shape index (κ1) is 11.7. The van der Waals surface area contributed by atoms with E-state index in [1.807, 2.05) is 32.9 Å². The van der Waals surface area contributed by atoms with Gasteiger partial charge in [0.2, 0.25) is 5.88 Å². The Morgan fingerprint density at radius 2 is 2.20 bits per heavy atom. The summed E-state index contributed by atoms with van der Waals surface area (Å²) in [6, 6.07) is 5.51. The van der Waals surface area contributed by atoms with Crippen LogP contribution in [0.2, 0.25) is 0 Å². The maximum atomic E-state index is 11.5. The van der Waals surface area contributed by atoms with Crippen molar-refractivity contribution >= 4 is 5.78 Å². The van der Waals surface area contributed by atoms with Gasteiger partial charge in [0, 0.05) is 18.4 Å². The Bertz CT molecular complexity index is 334. The highest BCUT2D eigenvalue weighted by molar-refractivity contribution is 5.82. The Morgan fingerprint density at radius 1 is 1.47 bits per heavy atom. The Kier molecular flexibility index (Phi) is 4.28. The summed E-state index contributed by atoms with van der Waals surface area (Å²) >= 11 is 0. The number of Topliss-reactive ketones (excluding diaryl/α,β-unsaturated/α-hetero) is 1. The smallest absolute Gasteiger partial charge is 0.213 e. The van der Waals surface area contributed by atoms with Crippen molar-refractivity contribution in [3.05, 3.63) is 23.9 Å². The van der Waals surface area contributed by atoms with Gasteiger partial charge in [-0.2, -0.15) is 0 Å². The maximum absolute atomic E-state index is 11.5. The number of carbonyl (C=O) groups excluding carboxylic acids is 1. The van der Waals surface area contributed by atoms with Crippen molar-refractivity contribution in [2.24, 2.45) is 5.92 Å². The summed E-state index contributed by atoms with van der Waals surface area (Å²) in [6.45, 7) is 6.30. The summed E-state index contributed by atoms with van der Waals surface area (Å²) in [5, 5.41) is 0. The molecule has 0 aliphatic rings. The lowest BCUT2D eigenvalue weighted by Crippen LogP contribution is -2.11. The number of nitrogens with zero attached hydrogens (tertiary/aromatic N) is 1. The normalized spacial score (nSPS) is 10.4. The second-order valence-electron chi connectivity index (χ2n) is 3.70. The molecule has 0 spiro atoms. The lowest BCUT2D eigenvalue weighted by molar-refractivity contribution is -0.121. The molecule has 0 bridgehead atoms. The quantitative estimate of drug-likeness (QED) is 0.743. The van der Waals surface area contributed by atoms with Crippen molar-refractivity contribution in [3.63, 3.8) is 0 Å². The second-order valence-corrected chi connectivity index (χ2v) is 3.70. The molecule has 0 aliphatic heterocycles. The summed E-state index contributed by atoms with van der Waals surface area (Å²) in [6.07, 6.45) is 0.387. The fourth-order valence-electron chi connectivity index (χ4n) is 1.17. The van der Waals surface area contributed by atoms with Gasteiger partial charge in [0.05, 0.1) is 12.3 Å². The fraction of sp³-hybridized carbons (Fsp3) is 0.500. The van der Waals surface area contributed by atoms with E-state index < -0.39 is 0 Å². The lowest BCUT2D eigenvalue weighted by atomic mass is 10.0. The van der Waals surface area contributed by atoms with E-state index in [9.17, 15) is 4.79 Å². The minimum atomic E-state index is 0.0579. The molecule has 1 aromatic heterocycles. The van der Waals surface area contributed by atoms with Gasteiger partial charge in [-0.1, -0.05) is 19.9 Å². The van der Waals surface area contributed by atoms with Gasteiger partial charge in [0.25, 0.3) is 0 Å². The number of pyridine rings is 1. The van der Waals surface area contributed by atoms with E-state index >= 15 is 0 Å². The van der Waals surface area contributed by atoms with Crippen molar-refractivity contribution in [3.8, 4) is 5.88 Å². The monoisotopic (exact) mass is 207 g/mol. The molecule has 0 saturated carbocycles. The van der Waals surface area contributed by atoms with Crippen LogP contribution in [0.4, 0.5) is 0 Å². The Balaban J connectivity index is 2.69. The summed E-state index contributed by atoms with van der Waals surface area (Å²) < 4.78 is 5.27. The number of rotatable bonds is 5. The van der Waals surface area contributed by atoms with Crippen molar-refractivity contribution in [1.29, 1.82) is 0 Å². The first-order valence-corrected chi connectivity index (χ1v) is 5.25. The standard InChI is InChI=1S/C12H17NO2/c1-4-15-12-7-5-6-10(13-12)8-11(14)9(2)3/h5-7,9H,4,8H2,1-3H3. The largest absolute Gasteiger partial charge is 0.478 e. The van der Waals surface area contributed by atoms with Crippen LogP contribution >= 0.6 is 0 Å². The number of hydrogen-bond acceptors (Lipinski definition) is 3. The summed E-state index contributed by atoms with van der Waals surface area (Å²) in [5.41, 5.74) is 0.777. The molecule has 0 aliphatic carbocycles. The number of aromatic nitrogens is 1. The topological polar surface area (TPSA) is 39.2 Å². The molecule has 0 fully saturated rings. The number of hydrogen-bond donors (Lipinski definition) is 0. The third kappa shape index (κ3) is 3.70. The van der Waals surface area contributed by atoms with Crippen molar-refractivity contribution in [2.45, 2.75) is 27.2 Å². The highest BCUT2D eigenvalue weighted by Gasteiger charge is 2.09. The van der Waals surface area contributed by atoms with Gasteiger partial charge in [-0.15, -0.1) is 0 Å². The van der Waals surface area contributed by atoms with Gasteiger partial charge in [0.15, 0.2) is 0 Å². The van der Waals surface area contributed by atoms with Crippen molar-refractivity contribution in [1.82, 2.24) is 4.98 Å². The molecule has 82 valence electrons. The molecule has 1 aromatic rings. The van der Waals surface area contributed by atoms with E-state index in [1.165, 1.54) is 0 Å². The molecule has 1 rings (SSSR count). The van der Waals surface area contributed by atoms with Gasteiger partial charge in [-0.25, -0.2) is 4.98 Å². The number of ketones is 1. The zero-order chi connectivity index (χ0) is 11.3. The van der Waals surface area contributed by atoms with Gasteiger partial charge < -0.3 is 4.74 Å². The number of carbonyl (C=O) groups is 1. The Labute approximate surface area is 90.5 Å². The first-order chi connectivity index (χ1) is 7.13. The molecule has 0 radical (unpaired) electrons. The number of ether oxygens (including phenoxy) is 1. The van der Waals surface area contributed by atoms with Gasteiger partial charge in [0.1, 0.15) is 5.78 Å². The summed E-state index contributed by atoms with van der Waals surface area (Å²) in [7, 11) is 0. The van der Waals surface area contributed by atoms with Crippen LogP contribution in [0, 0.1) is 5.92 Å². The van der Waals surface area contributed by atoms with E-state index in [-0.39, 0.29) is 11.7 Å². The van der Waals surface area contributed by atoms with E-state index in [0.29, 0.717) is 18.9 Å². The third-order valence-corrected chi connectivity index (χ3v) is 2.07. The molecular formula is C12H17NO2. The van der Waals surface area contributed by atoms with Crippen molar-refractivity contribution in [2.75, 3.05) is 6.61 Å². The molecule has 3 heteroatoms. The fourth-order valence-corrected chi connectivity index (χ4v) is 1.17. The first-order valence-electron chi connectivity index (χ1n) is 5.25. The molecule has 0 aromatic carbocycles. The van der Waals surface area contributed by atoms with Gasteiger partial charge in [-0.3, -0.25) is 4.79 Å². The molecule has 0 saturated heterocycles. The van der Waals surface area contributed by atoms with Crippen molar-refractivity contribution < 1.29 is 9.53 Å². The minimum Gasteiger partial charge on any atom is -0.478 e. The van der Waals surface area contributed by atoms with Gasteiger partial charge >= 0.3 is 0 Å². The predicted molar refractivity (Wildman–Crippen MR) is 59.0 cm³/mol. The molecule has 15 heavy (non-hydrogen) atoms. The third-order valence-electron chi connectivity index (χ3n) is 2.07. The molecule has 0 unspecified atom stereocenters. The van der Waals surface area contributed by atoms with Crippen LogP contribution in [0.5, 0.6) is 5.88 Å². The average molecular weight is 207 g/mol. The van der Waals surface area contributed by atoms with E-state index in [2.05, 4.69) is 4.98 Å². The molecule has 1 heterocycles. The van der Waals surface area contributed by atoms with E-state index in [0.717, 1.165) is 5.69 Å². The highest BCUT2D eigenvalue weighted by atomic mass is 16.5. The van der Waals surface area contributed by atoms with Crippen LogP contribution < -0.4 is 4.74 Å². The van der Waals surface area contributed by atoms with Crippen LogP contribution in [-0.4, -0.2) is 17.4 Å². The lowest BCUT2D eigenvalue weighted by Gasteiger charge is -2.06. The van der Waals surface area contributed by atoms with Crippen LogP contribution in [0.25, 0.3) is 0 Å². The van der Waals surface area contributed by atoms with Crippen LogP contribution in [0.3, 0.4) is 0 Å². The Morgan fingerprint density at radius 3 is 2.80 bits per heavy atom. The Hall–Kier alpha value is -1.38. The predicted octanol–water partition coefficient (Wildman–Crippen LogP) is 2.25. The van der Waals surface area contributed by atoms with E-state index in [1.54, 1.807) is 6.07 Å². The van der Waals surface area contributed by atoms with Crippen LogP contribution in [0.15, 0.2) is 18.2 Å².